The van der Waals surface area contributed by atoms with Crippen LogP contribution in [-0.2, 0) is 12.8 Å². The number of pyridine rings is 1. The highest BCUT2D eigenvalue weighted by molar-refractivity contribution is 5.24. The van der Waals surface area contributed by atoms with E-state index in [0.717, 1.165) is 6.42 Å². The average Bonchev–Trinajstić information content (AvgIpc) is 2.02. The summed E-state index contributed by atoms with van der Waals surface area (Å²) in [5, 5.41) is 0. The Kier molecular flexibility index (Phi) is 1.67. The van der Waals surface area contributed by atoms with Crippen LogP contribution in [0.1, 0.15) is 31.5 Å². The maximum atomic E-state index is 4.38. The molecule has 12 heavy (non-hydrogen) atoms. The van der Waals surface area contributed by atoms with E-state index in [-0.39, 0.29) is 0 Å². The van der Waals surface area contributed by atoms with Gasteiger partial charge < -0.3 is 0 Å². The van der Waals surface area contributed by atoms with Crippen LogP contribution < -0.4 is 0 Å². The molecule has 0 radical (unpaired) electrons. The number of nitrogens with zero attached hydrogens (tertiary/aromatic N) is 1. The monoisotopic (exact) mass is 161 g/mol. The minimum atomic E-state index is 0.482. The number of aromatic nitrogens is 1. The van der Waals surface area contributed by atoms with E-state index in [1.54, 1.807) is 0 Å². The smallest absolute Gasteiger partial charge is 0.0435 e. The molecule has 1 nitrogen and oxygen atoms in total. The van der Waals surface area contributed by atoms with Crippen molar-refractivity contribution in [3.63, 3.8) is 0 Å². The number of rotatable bonds is 0. The van der Waals surface area contributed by atoms with E-state index in [2.05, 4.69) is 24.9 Å². The first-order valence-electron chi connectivity index (χ1n) is 4.60. The topological polar surface area (TPSA) is 12.9 Å². The Morgan fingerprint density at radius 2 is 2.25 bits per heavy atom. The Bertz CT molecular complexity index is 289. The highest BCUT2D eigenvalue weighted by Crippen LogP contribution is 2.33. The first kappa shape index (κ1) is 7.78. The van der Waals surface area contributed by atoms with Gasteiger partial charge in [0.1, 0.15) is 0 Å². The van der Waals surface area contributed by atoms with Crippen molar-refractivity contribution in [2.24, 2.45) is 5.41 Å². The van der Waals surface area contributed by atoms with Crippen LogP contribution in [0.15, 0.2) is 18.3 Å². The van der Waals surface area contributed by atoms with Crippen LogP contribution in [0.2, 0.25) is 0 Å². The fourth-order valence-corrected chi connectivity index (χ4v) is 1.92. The van der Waals surface area contributed by atoms with Crippen LogP contribution >= 0.6 is 0 Å². The summed E-state index contributed by atoms with van der Waals surface area (Å²) in [6.07, 6.45) is 5.52. The van der Waals surface area contributed by atoms with Gasteiger partial charge in [-0.2, -0.15) is 0 Å². The fourth-order valence-electron chi connectivity index (χ4n) is 1.92. The Morgan fingerprint density at radius 3 is 3.08 bits per heavy atom. The van der Waals surface area contributed by atoms with E-state index in [1.165, 1.54) is 24.1 Å². The lowest BCUT2D eigenvalue weighted by molar-refractivity contribution is 0.312. The SMILES string of the molecule is CC1(C)CCc2ncccc2C1. The Morgan fingerprint density at radius 1 is 1.42 bits per heavy atom. The van der Waals surface area contributed by atoms with Gasteiger partial charge in [0, 0.05) is 11.9 Å². The van der Waals surface area contributed by atoms with Gasteiger partial charge in [-0.3, -0.25) is 4.98 Å². The standard InChI is InChI=1S/C11H15N/c1-11(2)6-5-10-9(8-11)4-3-7-12-10/h3-4,7H,5-6,8H2,1-2H3. The maximum absolute atomic E-state index is 4.38. The molecule has 0 aliphatic heterocycles. The molecule has 64 valence electrons. The van der Waals surface area contributed by atoms with Gasteiger partial charge in [0.2, 0.25) is 0 Å². The lowest BCUT2D eigenvalue weighted by atomic mass is 9.76. The molecular formula is C11H15N. The van der Waals surface area contributed by atoms with E-state index in [9.17, 15) is 0 Å². The van der Waals surface area contributed by atoms with Crippen molar-refractivity contribution in [2.75, 3.05) is 0 Å². The van der Waals surface area contributed by atoms with Crippen molar-refractivity contribution in [1.82, 2.24) is 4.98 Å². The van der Waals surface area contributed by atoms with Crippen molar-refractivity contribution in [2.45, 2.75) is 33.1 Å². The molecule has 0 spiro atoms. The summed E-state index contributed by atoms with van der Waals surface area (Å²) >= 11 is 0. The summed E-state index contributed by atoms with van der Waals surface area (Å²) in [6, 6.07) is 4.25. The molecule has 2 rings (SSSR count). The molecule has 0 amide bonds. The quantitative estimate of drug-likeness (QED) is 0.570. The zero-order valence-corrected chi connectivity index (χ0v) is 7.80. The second-order valence-corrected chi connectivity index (χ2v) is 4.45. The molecule has 0 saturated carbocycles. The van der Waals surface area contributed by atoms with Crippen LogP contribution in [0.5, 0.6) is 0 Å². The van der Waals surface area contributed by atoms with E-state index >= 15 is 0 Å². The predicted octanol–water partition coefficient (Wildman–Crippen LogP) is 2.60. The number of hydrogen-bond acceptors (Lipinski definition) is 1. The van der Waals surface area contributed by atoms with Gasteiger partial charge in [0.05, 0.1) is 0 Å². The second-order valence-electron chi connectivity index (χ2n) is 4.45. The largest absolute Gasteiger partial charge is 0.261 e. The maximum Gasteiger partial charge on any atom is 0.0435 e. The molecule has 1 heteroatoms. The Hall–Kier alpha value is -0.850. The number of hydrogen-bond donors (Lipinski definition) is 0. The van der Waals surface area contributed by atoms with Crippen molar-refractivity contribution in [1.29, 1.82) is 0 Å². The first-order valence-corrected chi connectivity index (χ1v) is 4.60. The van der Waals surface area contributed by atoms with Gasteiger partial charge in [-0.1, -0.05) is 19.9 Å². The molecule has 0 fully saturated rings. The highest BCUT2D eigenvalue weighted by atomic mass is 14.7. The molecule has 1 aliphatic rings. The van der Waals surface area contributed by atoms with Gasteiger partial charge in [0.25, 0.3) is 0 Å². The van der Waals surface area contributed by atoms with E-state index in [0.29, 0.717) is 5.41 Å². The van der Waals surface area contributed by atoms with Crippen molar-refractivity contribution >= 4 is 0 Å². The number of aryl methyl sites for hydroxylation is 1. The molecule has 1 aliphatic carbocycles. The summed E-state index contributed by atoms with van der Waals surface area (Å²) < 4.78 is 0. The fraction of sp³-hybridized carbons (Fsp3) is 0.545. The summed E-state index contributed by atoms with van der Waals surface area (Å²) in [5.74, 6) is 0. The van der Waals surface area contributed by atoms with Crippen LogP contribution in [0.3, 0.4) is 0 Å². The summed E-state index contributed by atoms with van der Waals surface area (Å²) in [6.45, 7) is 4.67. The molecule has 1 aromatic heterocycles. The highest BCUT2D eigenvalue weighted by Gasteiger charge is 2.25. The molecule has 1 aromatic rings. The molecule has 0 aromatic carbocycles. The molecule has 1 heterocycles. The van der Waals surface area contributed by atoms with Gasteiger partial charge >= 0.3 is 0 Å². The van der Waals surface area contributed by atoms with E-state index in [4.69, 9.17) is 0 Å². The molecule has 0 saturated heterocycles. The van der Waals surface area contributed by atoms with Crippen LogP contribution in [0, 0.1) is 5.41 Å². The number of fused-ring (bicyclic) bond motifs is 1. The van der Waals surface area contributed by atoms with Crippen molar-refractivity contribution in [3.8, 4) is 0 Å². The zero-order chi connectivity index (χ0) is 8.60. The Labute approximate surface area is 73.8 Å². The summed E-state index contributed by atoms with van der Waals surface area (Å²) in [5.41, 5.74) is 3.25. The average molecular weight is 161 g/mol. The normalized spacial score (nSPS) is 20.2. The minimum Gasteiger partial charge on any atom is -0.261 e. The minimum absolute atomic E-state index is 0.482. The van der Waals surface area contributed by atoms with Crippen molar-refractivity contribution in [3.05, 3.63) is 29.6 Å². The molecule has 0 atom stereocenters. The molecule has 0 bridgehead atoms. The van der Waals surface area contributed by atoms with Crippen LogP contribution in [0.4, 0.5) is 0 Å². The summed E-state index contributed by atoms with van der Waals surface area (Å²) in [4.78, 5) is 4.38. The second kappa shape index (κ2) is 2.58. The summed E-state index contributed by atoms with van der Waals surface area (Å²) in [7, 11) is 0. The van der Waals surface area contributed by atoms with Gasteiger partial charge in [-0.25, -0.2) is 0 Å². The first-order chi connectivity index (χ1) is 5.67. The van der Waals surface area contributed by atoms with E-state index < -0.39 is 0 Å². The zero-order valence-electron chi connectivity index (χ0n) is 7.80. The van der Waals surface area contributed by atoms with Gasteiger partial charge in [-0.15, -0.1) is 0 Å². The van der Waals surface area contributed by atoms with Crippen LogP contribution in [0.25, 0.3) is 0 Å². The van der Waals surface area contributed by atoms with E-state index in [1.807, 2.05) is 12.3 Å². The third kappa shape index (κ3) is 1.36. The van der Waals surface area contributed by atoms with Gasteiger partial charge in [-0.05, 0) is 36.3 Å². The molecule has 0 N–H and O–H groups in total. The molecular weight excluding hydrogens is 146 g/mol. The third-order valence-corrected chi connectivity index (χ3v) is 2.69. The molecule has 0 unspecified atom stereocenters. The third-order valence-electron chi connectivity index (χ3n) is 2.69. The van der Waals surface area contributed by atoms with Gasteiger partial charge in [0.15, 0.2) is 0 Å². The Balaban J connectivity index is 2.35. The predicted molar refractivity (Wildman–Crippen MR) is 50.0 cm³/mol. The van der Waals surface area contributed by atoms with Crippen LogP contribution in [-0.4, -0.2) is 4.98 Å². The lowest BCUT2D eigenvalue weighted by Gasteiger charge is -2.30. The lowest BCUT2D eigenvalue weighted by Crippen LogP contribution is -2.22. The van der Waals surface area contributed by atoms with Crippen molar-refractivity contribution < 1.29 is 0 Å².